The first kappa shape index (κ1) is 22.4. The Morgan fingerprint density at radius 2 is 1.52 bits per heavy atom. The molecule has 0 rings (SSSR count). The molecule has 1 unspecified atom stereocenters. The third-order valence-electron chi connectivity index (χ3n) is 4.09. The van der Waals surface area contributed by atoms with Crippen molar-refractivity contribution in [1.82, 2.24) is 5.32 Å². The molecular formula is C19H39NO3. The average molecular weight is 330 g/mol. The molecule has 2 N–H and O–H groups in total. The first-order valence-electron chi connectivity index (χ1n) is 9.61. The summed E-state index contributed by atoms with van der Waals surface area (Å²) in [5, 5.41) is 12.4. The van der Waals surface area contributed by atoms with Gasteiger partial charge in [-0.3, -0.25) is 4.79 Å². The summed E-state index contributed by atoms with van der Waals surface area (Å²) < 4.78 is 5.63. The molecule has 0 spiro atoms. The summed E-state index contributed by atoms with van der Waals surface area (Å²) in [5.74, 6) is 0.242. The van der Waals surface area contributed by atoms with E-state index < -0.39 is 0 Å². The van der Waals surface area contributed by atoms with Crippen LogP contribution < -0.4 is 5.32 Å². The van der Waals surface area contributed by atoms with E-state index >= 15 is 0 Å². The van der Waals surface area contributed by atoms with Gasteiger partial charge in [-0.2, -0.15) is 0 Å². The SMILES string of the molecule is CCC(O)CCCCCOCCCCCCCNC(=O)C(C)C. The summed E-state index contributed by atoms with van der Waals surface area (Å²) in [6.45, 7) is 8.38. The van der Waals surface area contributed by atoms with Gasteiger partial charge in [-0.05, 0) is 32.1 Å². The zero-order valence-corrected chi connectivity index (χ0v) is 15.6. The average Bonchev–Trinajstić information content (AvgIpc) is 2.54. The van der Waals surface area contributed by atoms with Gasteiger partial charge >= 0.3 is 0 Å². The molecule has 0 heterocycles. The van der Waals surface area contributed by atoms with Crippen molar-refractivity contribution in [3.8, 4) is 0 Å². The Morgan fingerprint density at radius 3 is 2.13 bits per heavy atom. The second-order valence-corrected chi connectivity index (χ2v) is 6.74. The molecule has 0 aliphatic heterocycles. The van der Waals surface area contributed by atoms with Gasteiger partial charge in [0.15, 0.2) is 0 Å². The topological polar surface area (TPSA) is 58.6 Å². The molecule has 0 saturated carbocycles. The summed E-state index contributed by atoms with van der Waals surface area (Å²) in [4.78, 5) is 11.4. The number of hydrogen-bond acceptors (Lipinski definition) is 3. The minimum Gasteiger partial charge on any atom is -0.393 e. The van der Waals surface area contributed by atoms with Crippen molar-refractivity contribution in [2.75, 3.05) is 19.8 Å². The van der Waals surface area contributed by atoms with Crippen LogP contribution in [-0.2, 0) is 9.53 Å². The highest BCUT2D eigenvalue weighted by molar-refractivity contribution is 5.77. The maximum Gasteiger partial charge on any atom is 0.222 e. The van der Waals surface area contributed by atoms with Crippen LogP contribution in [0.2, 0.25) is 0 Å². The van der Waals surface area contributed by atoms with Gasteiger partial charge in [-0.1, -0.05) is 52.9 Å². The van der Waals surface area contributed by atoms with E-state index in [1.807, 2.05) is 20.8 Å². The maximum absolute atomic E-state index is 11.4. The fraction of sp³-hybridized carbons (Fsp3) is 0.947. The van der Waals surface area contributed by atoms with Gasteiger partial charge in [0, 0.05) is 25.7 Å². The predicted octanol–water partition coefficient (Wildman–Crippen LogP) is 4.06. The molecule has 138 valence electrons. The Balaban J connectivity index is 3.09. The first-order chi connectivity index (χ1) is 11.1. The van der Waals surface area contributed by atoms with Crippen LogP contribution in [0.3, 0.4) is 0 Å². The van der Waals surface area contributed by atoms with Gasteiger partial charge in [-0.25, -0.2) is 0 Å². The summed E-state index contributed by atoms with van der Waals surface area (Å²) in [6.07, 6.45) is 10.8. The standard InChI is InChI=1S/C19H39NO3/c1-4-18(21)13-9-8-12-16-23-15-11-7-5-6-10-14-20-19(22)17(2)3/h17-18,21H,4-16H2,1-3H3,(H,20,22). The molecular weight excluding hydrogens is 290 g/mol. The predicted molar refractivity (Wildman–Crippen MR) is 96.5 cm³/mol. The number of nitrogens with one attached hydrogen (secondary N) is 1. The van der Waals surface area contributed by atoms with Gasteiger partial charge in [-0.15, -0.1) is 0 Å². The summed E-state index contributed by atoms with van der Waals surface area (Å²) >= 11 is 0. The molecule has 4 nitrogen and oxygen atoms in total. The second kappa shape index (κ2) is 16.3. The summed E-state index contributed by atoms with van der Waals surface area (Å²) in [6, 6.07) is 0. The minimum atomic E-state index is -0.116. The summed E-state index contributed by atoms with van der Waals surface area (Å²) in [7, 11) is 0. The van der Waals surface area contributed by atoms with E-state index in [2.05, 4.69) is 5.32 Å². The fourth-order valence-corrected chi connectivity index (χ4v) is 2.34. The highest BCUT2D eigenvalue weighted by Gasteiger charge is 2.04. The van der Waals surface area contributed by atoms with Crippen LogP contribution in [0, 0.1) is 5.92 Å². The van der Waals surface area contributed by atoms with Gasteiger partial charge in [0.2, 0.25) is 5.91 Å². The van der Waals surface area contributed by atoms with E-state index in [-0.39, 0.29) is 17.9 Å². The van der Waals surface area contributed by atoms with E-state index in [0.29, 0.717) is 0 Å². The smallest absolute Gasteiger partial charge is 0.222 e. The van der Waals surface area contributed by atoms with Crippen molar-refractivity contribution in [2.24, 2.45) is 5.92 Å². The lowest BCUT2D eigenvalue weighted by atomic mass is 10.1. The van der Waals surface area contributed by atoms with E-state index in [9.17, 15) is 9.90 Å². The number of carbonyl (C=O) groups excluding carboxylic acids is 1. The van der Waals surface area contributed by atoms with E-state index in [1.165, 1.54) is 19.3 Å². The molecule has 0 saturated heterocycles. The zero-order chi connectivity index (χ0) is 17.3. The Labute approximate surface area is 143 Å². The van der Waals surface area contributed by atoms with Crippen LogP contribution in [0.4, 0.5) is 0 Å². The molecule has 1 atom stereocenters. The lowest BCUT2D eigenvalue weighted by molar-refractivity contribution is -0.123. The number of aliphatic hydroxyl groups is 1. The molecule has 0 aromatic rings. The molecule has 0 bridgehead atoms. The molecule has 0 radical (unpaired) electrons. The van der Waals surface area contributed by atoms with Crippen LogP contribution >= 0.6 is 0 Å². The Kier molecular flexibility index (Phi) is 15.8. The second-order valence-electron chi connectivity index (χ2n) is 6.74. The van der Waals surface area contributed by atoms with E-state index in [1.54, 1.807) is 0 Å². The lowest BCUT2D eigenvalue weighted by Crippen LogP contribution is -2.28. The third kappa shape index (κ3) is 16.0. The fourth-order valence-electron chi connectivity index (χ4n) is 2.34. The first-order valence-corrected chi connectivity index (χ1v) is 9.61. The Morgan fingerprint density at radius 1 is 0.957 bits per heavy atom. The Bertz CT molecular complexity index is 269. The molecule has 0 aliphatic rings. The molecule has 4 heteroatoms. The lowest BCUT2D eigenvalue weighted by Gasteiger charge is -2.08. The van der Waals surface area contributed by atoms with Crippen molar-refractivity contribution >= 4 is 5.91 Å². The number of ether oxygens (including phenoxy) is 1. The van der Waals surface area contributed by atoms with E-state index in [0.717, 1.165) is 64.7 Å². The molecule has 0 aromatic carbocycles. The number of rotatable bonds is 16. The number of unbranched alkanes of at least 4 members (excludes halogenated alkanes) is 6. The van der Waals surface area contributed by atoms with Gasteiger partial charge in [0.05, 0.1) is 6.10 Å². The van der Waals surface area contributed by atoms with Gasteiger partial charge < -0.3 is 15.2 Å². The molecule has 0 aromatic heterocycles. The number of carbonyl (C=O) groups is 1. The number of hydrogen-bond donors (Lipinski definition) is 2. The normalized spacial score (nSPS) is 12.6. The Hall–Kier alpha value is -0.610. The van der Waals surface area contributed by atoms with Crippen molar-refractivity contribution in [3.63, 3.8) is 0 Å². The monoisotopic (exact) mass is 329 g/mol. The van der Waals surface area contributed by atoms with Crippen molar-refractivity contribution in [3.05, 3.63) is 0 Å². The summed E-state index contributed by atoms with van der Waals surface area (Å²) in [5.41, 5.74) is 0. The maximum atomic E-state index is 11.4. The molecule has 0 fully saturated rings. The highest BCUT2D eigenvalue weighted by Crippen LogP contribution is 2.07. The number of aliphatic hydroxyl groups excluding tert-OH is 1. The quantitative estimate of drug-likeness (QED) is 0.420. The van der Waals surface area contributed by atoms with E-state index in [4.69, 9.17) is 4.74 Å². The van der Waals surface area contributed by atoms with Crippen molar-refractivity contribution in [2.45, 2.75) is 91.1 Å². The number of amides is 1. The van der Waals surface area contributed by atoms with Crippen LogP contribution in [0.5, 0.6) is 0 Å². The van der Waals surface area contributed by atoms with Crippen molar-refractivity contribution < 1.29 is 14.6 Å². The molecule has 0 aliphatic carbocycles. The van der Waals surface area contributed by atoms with Crippen LogP contribution in [-0.4, -0.2) is 36.9 Å². The van der Waals surface area contributed by atoms with Gasteiger partial charge in [0.25, 0.3) is 0 Å². The highest BCUT2D eigenvalue weighted by atomic mass is 16.5. The molecule has 23 heavy (non-hydrogen) atoms. The van der Waals surface area contributed by atoms with Gasteiger partial charge in [0.1, 0.15) is 0 Å². The van der Waals surface area contributed by atoms with Crippen LogP contribution in [0.25, 0.3) is 0 Å². The molecule has 1 amide bonds. The minimum absolute atomic E-state index is 0.0869. The zero-order valence-electron chi connectivity index (χ0n) is 15.6. The van der Waals surface area contributed by atoms with Crippen LogP contribution in [0.1, 0.15) is 85.0 Å². The van der Waals surface area contributed by atoms with Crippen molar-refractivity contribution in [1.29, 1.82) is 0 Å². The largest absolute Gasteiger partial charge is 0.393 e. The third-order valence-corrected chi connectivity index (χ3v) is 4.09. The van der Waals surface area contributed by atoms with Crippen LogP contribution in [0.15, 0.2) is 0 Å².